The summed E-state index contributed by atoms with van der Waals surface area (Å²) in [7, 11) is 0. The lowest BCUT2D eigenvalue weighted by Gasteiger charge is -2.21. The Hall–Kier alpha value is -2.80. The average molecular weight is 453 g/mol. The standard InChI is InChI=1S/C23H17ClN2O2S2/c24-17-8-6-16(7-9-17)21-11-10-19(30-21)13-20-22(28)26(23(29)25-20)18(14-27)12-15-4-2-1-3-5-15/h1-11,13-14,18H,12H2,(H,25,29)/b20-13+. The first-order chi connectivity index (χ1) is 14.5. The van der Waals surface area contributed by atoms with Gasteiger partial charge in [-0.25, -0.2) is 0 Å². The van der Waals surface area contributed by atoms with Crippen LogP contribution in [0.2, 0.25) is 5.02 Å². The van der Waals surface area contributed by atoms with Crippen LogP contribution in [0.4, 0.5) is 0 Å². The van der Waals surface area contributed by atoms with E-state index in [9.17, 15) is 9.59 Å². The minimum atomic E-state index is -0.654. The van der Waals surface area contributed by atoms with Crippen molar-refractivity contribution in [3.8, 4) is 10.4 Å². The molecule has 1 aliphatic heterocycles. The molecule has 30 heavy (non-hydrogen) atoms. The maximum Gasteiger partial charge on any atom is 0.277 e. The molecular weight excluding hydrogens is 436 g/mol. The summed E-state index contributed by atoms with van der Waals surface area (Å²) in [5.41, 5.74) is 2.39. The van der Waals surface area contributed by atoms with Crippen molar-refractivity contribution < 1.29 is 9.59 Å². The van der Waals surface area contributed by atoms with Crippen molar-refractivity contribution in [2.75, 3.05) is 0 Å². The molecule has 2 heterocycles. The summed E-state index contributed by atoms with van der Waals surface area (Å²) in [6.07, 6.45) is 2.94. The molecule has 0 aliphatic carbocycles. The zero-order valence-electron chi connectivity index (χ0n) is 15.7. The average Bonchev–Trinajstić information content (AvgIpc) is 3.32. The van der Waals surface area contributed by atoms with Gasteiger partial charge in [-0.3, -0.25) is 9.69 Å². The van der Waals surface area contributed by atoms with Gasteiger partial charge < -0.3 is 10.1 Å². The Balaban J connectivity index is 1.54. The van der Waals surface area contributed by atoms with Crippen LogP contribution < -0.4 is 5.32 Å². The molecule has 1 unspecified atom stereocenters. The predicted octanol–water partition coefficient (Wildman–Crippen LogP) is 4.94. The molecule has 1 amide bonds. The first-order valence-electron chi connectivity index (χ1n) is 9.26. The number of thiophene rings is 1. The van der Waals surface area contributed by atoms with Crippen LogP contribution >= 0.6 is 35.2 Å². The number of hydrogen-bond donors (Lipinski definition) is 1. The van der Waals surface area contributed by atoms with Crippen molar-refractivity contribution in [3.05, 3.63) is 87.9 Å². The van der Waals surface area contributed by atoms with E-state index in [1.807, 2.05) is 66.7 Å². The molecule has 0 radical (unpaired) electrons. The van der Waals surface area contributed by atoms with Crippen LogP contribution in [0.3, 0.4) is 0 Å². The highest BCUT2D eigenvalue weighted by atomic mass is 35.5. The monoisotopic (exact) mass is 452 g/mol. The molecule has 3 aromatic rings. The molecule has 7 heteroatoms. The summed E-state index contributed by atoms with van der Waals surface area (Å²) < 4.78 is 0. The fraction of sp³-hybridized carbons (Fsp3) is 0.0870. The van der Waals surface area contributed by atoms with Gasteiger partial charge in [-0.15, -0.1) is 11.3 Å². The lowest BCUT2D eigenvalue weighted by Crippen LogP contribution is -2.42. The summed E-state index contributed by atoms with van der Waals surface area (Å²) in [5.74, 6) is -0.297. The normalized spacial score (nSPS) is 16.0. The number of thiocarbonyl (C=S) groups is 1. The minimum absolute atomic E-state index is 0.244. The topological polar surface area (TPSA) is 49.4 Å². The first kappa shape index (κ1) is 20.5. The molecule has 1 N–H and O–H groups in total. The molecule has 1 fully saturated rings. The highest BCUT2D eigenvalue weighted by Crippen LogP contribution is 2.30. The van der Waals surface area contributed by atoms with Gasteiger partial charge in [-0.1, -0.05) is 54.1 Å². The molecule has 4 rings (SSSR count). The molecule has 1 aliphatic rings. The largest absolute Gasteiger partial charge is 0.328 e. The van der Waals surface area contributed by atoms with E-state index in [0.29, 0.717) is 17.1 Å². The third-order valence-corrected chi connectivity index (χ3v) is 6.36. The second-order valence-electron chi connectivity index (χ2n) is 6.77. The van der Waals surface area contributed by atoms with E-state index in [-0.39, 0.29) is 11.0 Å². The van der Waals surface area contributed by atoms with E-state index < -0.39 is 6.04 Å². The molecule has 4 nitrogen and oxygen atoms in total. The fourth-order valence-electron chi connectivity index (χ4n) is 3.25. The molecule has 0 spiro atoms. The van der Waals surface area contributed by atoms with Crippen LogP contribution in [0, 0.1) is 0 Å². The third-order valence-electron chi connectivity index (χ3n) is 4.73. The smallest absolute Gasteiger partial charge is 0.277 e. The summed E-state index contributed by atoms with van der Waals surface area (Å²) in [5, 5.41) is 3.89. The number of nitrogens with zero attached hydrogens (tertiary/aromatic N) is 1. The van der Waals surface area contributed by atoms with Gasteiger partial charge in [0.2, 0.25) is 0 Å². The van der Waals surface area contributed by atoms with Crippen LogP contribution in [-0.2, 0) is 16.0 Å². The zero-order valence-corrected chi connectivity index (χ0v) is 18.1. The number of amides is 1. The SMILES string of the molecule is O=CC(Cc1ccccc1)N1C(=O)/C(=C\c2ccc(-c3ccc(Cl)cc3)s2)NC1=S. The van der Waals surface area contributed by atoms with Crippen molar-refractivity contribution in [2.45, 2.75) is 12.5 Å². The van der Waals surface area contributed by atoms with Crippen molar-refractivity contribution in [1.82, 2.24) is 10.2 Å². The van der Waals surface area contributed by atoms with Gasteiger partial charge >= 0.3 is 0 Å². The van der Waals surface area contributed by atoms with Crippen LogP contribution in [0.15, 0.2) is 72.4 Å². The number of hydrogen-bond acceptors (Lipinski definition) is 4. The van der Waals surface area contributed by atoms with Gasteiger partial charge in [0.25, 0.3) is 5.91 Å². The van der Waals surface area contributed by atoms with Crippen molar-refractivity contribution in [1.29, 1.82) is 0 Å². The maximum absolute atomic E-state index is 13.0. The quantitative estimate of drug-likeness (QED) is 0.327. The molecule has 2 aromatic carbocycles. The Kier molecular flexibility index (Phi) is 6.08. The van der Waals surface area contributed by atoms with Gasteiger partial charge in [-0.05, 0) is 53.7 Å². The second kappa shape index (κ2) is 8.92. The molecule has 150 valence electrons. The Morgan fingerprint density at radius 2 is 1.80 bits per heavy atom. The molecule has 1 aromatic heterocycles. The number of benzene rings is 2. The van der Waals surface area contributed by atoms with Gasteiger partial charge in [0, 0.05) is 21.2 Å². The Morgan fingerprint density at radius 1 is 1.07 bits per heavy atom. The molecular formula is C23H17ClN2O2S2. The summed E-state index contributed by atoms with van der Waals surface area (Å²) in [6, 6.07) is 20.5. The molecule has 0 saturated carbocycles. The van der Waals surface area contributed by atoms with Gasteiger partial charge in [0.1, 0.15) is 12.0 Å². The minimum Gasteiger partial charge on any atom is -0.328 e. The molecule has 1 atom stereocenters. The lowest BCUT2D eigenvalue weighted by atomic mass is 10.1. The van der Waals surface area contributed by atoms with Crippen molar-refractivity contribution in [2.24, 2.45) is 0 Å². The van der Waals surface area contributed by atoms with E-state index in [1.165, 1.54) is 4.90 Å². The second-order valence-corrected chi connectivity index (χ2v) is 8.70. The lowest BCUT2D eigenvalue weighted by molar-refractivity contribution is -0.127. The fourth-order valence-corrected chi connectivity index (χ4v) is 4.66. The molecule has 0 bridgehead atoms. The summed E-state index contributed by atoms with van der Waals surface area (Å²) >= 11 is 12.9. The maximum atomic E-state index is 13.0. The number of carbonyl (C=O) groups excluding carboxylic acids is 2. The summed E-state index contributed by atoms with van der Waals surface area (Å²) in [4.78, 5) is 28.0. The number of nitrogens with one attached hydrogen (secondary N) is 1. The van der Waals surface area contributed by atoms with E-state index in [2.05, 4.69) is 5.32 Å². The van der Waals surface area contributed by atoms with Crippen LogP contribution in [-0.4, -0.2) is 28.2 Å². The van der Waals surface area contributed by atoms with E-state index in [4.69, 9.17) is 23.8 Å². The number of rotatable bonds is 6. The van der Waals surface area contributed by atoms with E-state index in [0.717, 1.165) is 27.2 Å². The Labute approximate surface area is 188 Å². The van der Waals surface area contributed by atoms with Gasteiger partial charge in [0.05, 0.1) is 6.04 Å². The summed E-state index contributed by atoms with van der Waals surface area (Å²) in [6.45, 7) is 0. The van der Waals surface area contributed by atoms with E-state index >= 15 is 0 Å². The van der Waals surface area contributed by atoms with Crippen molar-refractivity contribution in [3.63, 3.8) is 0 Å². The predicted molar refractivity (Wildman–Crippen MR) is 125 cm³/mol. The van der Waals surface area contributed by atoms with Crippen LogP contribution in [0.25, 0.3) is 16.5 Å². The van der Waals surface area contributed by atoms with Crippen LogP contribution in [0.5, 0.6) is 0 Å². The Bertz CT molecular complexity index is 1120. The number of halogens is 1. The molecule has 1 saturated heterocycles. The number of carbonyl (C=O) groups is 2. The van der Waals surface area contributed by atoms with Crippen LogP contribution in [0.1, 0.15) is 10.4 Å². The van der Waals surface area contributed by atoms with Crippen molar-refractivity contribution >= 4 is 58.5 Å². The van der Waals surface area contributed by atoms with Gasteiger partial charge in [-0.2, -0.15) is 0 Å². The number of aldehydes is 1. The van der Waals surface area contributed by atoms with E-state index in [1.54, 1.807) is 17.4 Å². The van der Waals surface area contributed by atoms with Gasteiger partial charge in [0.15, 0.2) is 5.11 Å². The zero-order chi connectivity index (χ0) is 21.1. The first-order valence-corrected chi connectivity index (χ1v) is 10.9. The highest BCUT2D eigenvalue weighted by Gasteiger charge is 2.36. The third kappa shape index (κ3) is 4.36. The Morgan fingerprint density at radius 3 is 2.50 bits per heavy atom. The highest BCUT2D eigenvalue weighted by molar-refractivity contribution is 7.80.